The number of carbonyl (C=O) groups is 2. The van der Waals surface area contributed by atoms with Crippen LogP contribution in [0.3, 0.4) is 0 Å². The highest BCUT2D eigenvalue weighted by Crippen LogP contribution is 2.46. The lowest BCUT2D eigenvalue weighted by atomic mass is 10.1. The van der Waals surface area contributed by atoms with Crippen molar-refractivity contribution in [2.45, 2.75) is 6.92 Å². The summed E-state index contributed by atoms with van der Waals surface area (Å²) >= 11 is 1.02. The Morgan fingerprint density at radius 2 is 1.97 bits per heavy atom. The number of anilines is 3. The van der Waals surface area contributed by atoms with E-state index in [1.165, 1.54) is 4.90 Å². The van der Waals surface area contributed by atoms with Gasteiger partial charge in [-0.2, -0.15) is 0 Å². The second kappa shape index (κ2) is 6.78. The third kappa shape index (κ3) is 2.81. The van der Waals surface area contributed by atoms with Crippen LogP contribution in [0.15, 0.2) is 48.8 Å². The maximum absolute atomic E-state index is 12.9. The summed E-state index contributed by atoms with van der Waals surface area (Å²) in [6.07, 6.45) is 3.17. The normalized spacial score (nSPS) is 12.7. The molecule has 0 aromatic carbocycles. The fourth-order valence-corrected chi connectivity index (χ4v) is 4.27. The van der Waals surface area contributed by atoms with Crippen molar-refractivity contribution in [3.05, 3.63) is 59.4 Å². The largest absolute Gasteiger partial charge is 0.477 e. The molecule has 0 saturated heterocycles. The number of urea groups is 1. The first-order valence-corrected chi connectivity index (χ1v) is 9.67. The number of nitrogens with zero attached hydrogens (tertiary/aromatic N) is 4. The summed E-state index contributed by atoms with van der Waals surface area (Å²) < 4.78 is 5.66. The highest BCUT2D eigenvalue weighted by molar-refractivity contribution is 7.21. The van der Waals surface area contributed by atoms with Gasteiger partial charge < -0.3 is 15.2 Å². The predicted octanol–water partition coefficient (Wildman–Crippen LogP) is 4.57. The Labute approximate surface area is 173 Å². The van der Waals surface area contributed by atoms with Crippen molar-refractivity contribution in [2.24, 2.45) is 0 Å². The number of aryl methyl sites for hydroxylation is 1. The first kappa shape index (κ1) is 18.0. The van der Waals surface area contributed by atoms with E-state index in [0.29, 0.717) is 39.0 Å². The zero-order valence-corrected chi connectivity index (χ0v) is 16.3. The van der Waals surface area contributed by atoms with Gasteiger partial charge in [0.15, 0.2) is 0 Å². The van der Waals surface area contributed by atoms with Gasteiger partial charge in [-0.3, -0.25) is 4.90 Å². The molecular weight excluding hydrogens is 406 g/mol. The van der Waals surface area contributed by atoms with Crippen LogP contribution in [0.5, 0.6) is 11.8 Å². The van der Waals surface area contributed by atoms with Gasteiger partial charge in [0.2, 0.25) is 11.8 Å². The van der Waals surface area contributed by atoms with E-state index in [1.807, 2.05) is 0 Å². The van der Waals surface area contributed by atoms with Gasteiger partial charge in [0, 0.05) is 24.5 Å². The molecule has 2 N–H and O–H groups in total. The van der Waals surface area contributed by atoms with Gasteiger partial charge in [-0.25, -0.2) is 24.5 Å². The second-order valence-electron chi connectivity index (χ2n) is 6.41. The van der Waals surface area contributed by atoms with Gasteiger partial charge in [-0.1, -0.05) is 6.07 Å². The summed E-state index contributed by atoms with van der Waals surface area (Å²) in [5.74, 6) is -0.356. The molecular formula is C20H13N5O4S. The van der Waals surface area contributed by atoms with E-state index < -0.39 is 12.0 Å². The van der Waals surface area contributed by atoms with Crippen molar-refractivity contribution in [1.82, 2.24) is 15.0 Å². The van der Waals surface area contributed by atoms with Gasteiger partial charge in [0.1, 0.15) is 9.71 Å². The Kier molecular flexibility index (Phi) is 4.07. The number of nitrogens with one attached hydrogen (secondary N) is 1. The van der Waals surface area contributed by atoms with Crippen molar-refractivity contribution in [2.75, 3.05) is 10.2 Å². The molecule has 30 heavy (non-hydrogen) atoms. The number of carbonyl (C=O) groups excluding carboxylic acids is 1. The number of ether oxygens (including phenoxy) is 1. The number of rotatable bonds is 4. The molecule has 2 amide bonds. The van der Waals surface area contributed by atoms with Gasteiger partial charge >= 0.3 is 12.0 Å². The molecule has 0 aliphatic carbocycles. The van der Waals surface area contributed by atoms with Crippen molar-refractivity contribution >= 4 is 50.6 Å². The summed E-state index contributed by atoms with van der Waals surface area (Å²) in [5, 5.41) is 12.7. The molecule has 1 aliphatic rings. The van der Waals surface area contributed by atoms with Crippen LogP contribution in [0.4, 0.5) is 21.9 Å². The van der Waals surface area contributed by atoms with Gasteiger partial charge in [-0.05, 0) is 25.1 Å². The van der Waals surface area contributed by atoms with E-state index in [1.54, 1.807) is 55.7 Å². The molecule has 9 nitrogen and oxygen atoms in total. The molecule has 4 aromatic rings. The number of aromatic nitrogens is 3. The summed E-state index contributed by atoms with van der Waals surface area (Å²) in [5.41, 5.74) is 1.92. The maximum Gasteiger partial charge on any atom is 0.348 e. The molecule has 0 spiro atoms. The van der Waals surface area contributed by atoms with Crippen molar-refractivity contribution < 1.29 is 19.4 Å². The van der Waals surface area contributed by atoms with Crippen LogP contribution in [-0.2, 0) is 0 Å². The minimum Gasteiger partial charge on any atom is -0.477 e. The van der Waals surface area contributed by atoms with E-state index in [4.69, 9.17) is 4.74 Å². The molecule has 0 bridgehead atoms. The van der Waals surface area contributed by atoms with Crippen molar-refractivity contribution in [3.8, 4) is 11.8 Å². The molecule has 0 fully saturated rings. The molecule has 0 radical (unpaired) electrons. The van der Waals surface area contributed by atoms with Crippen LogP contribution in [-0.4, -0.2) is 32.1 Å². The smallest absolute Gasteiger partial charge is 0.348 e. The lowest BCUT2D eigenvalue weighted by Crippen LogP contribution is -2.34. The topological polar surface area (TPSA) is 118 Å². The molecule has 1 aliphatic heterocycles. The first-order valence-electron chi connectivity index (χ1n) is 8.85. The Hall–Kier alpha value is -4.05. The fourth-order valence-electron chi connectivity index (χ4n) is 3.31. The number of hydrogen-bond acceptors (Lipinski definition) is 7. The third-order valence-electron chi connectivity index (χ3n) is 4.56. The number of carboxylic acid groups (broad SMARTS) is 1. The Bertz CT molecular complexity index is 1320. The number of hydrogen-bond donors (Lipinski definition) is 2. The van der Waals surface area contributed by atoms with E-state index in [0.717, 1.165) is 11.3 Å². The van der Waals surface area contributed by atoms with E-state index in [9.17, 15) is 14.7 Å². The van der Waals surface area contributed by atoms with Crippen molar-refractivity contribution in [1.29, 1.82) is 0 Å². The molecule has 0 saturated carbocycles. The number of amides is 2. The SMILES string of the molecule is Cc1nc(Oc2ccccn2)ccc1N1C(=O)Nc2c(C(=O)O)sc3nccc1c23. The van der Waals surface area contributed by atoms with Crippen LogP contribution in [0.25, 0.3) is 10.2 Å². The Morgan fingerprint density at radius 3 is 2.70 bits per heavy atom. The quantitative estimate of drug-likeness (QED) is 0.497. The van der Waals surface area contributed by atoms with Crippen LogP contribution >= 0.6 is 11.3 Å². The maximum atomic E-state index is 12.9. The fraction of sp³-hybridized carbons (Fsp3) is 0.0500. The van der Waals surface area contributed by atoms with Gasteiger partial charge in [0.25, 0.3) is 0 Å². The summed E-state index contributed by atoms with van der Waals surface area (Å²) in [7, 11) is 0. The van der Waals surface area contributed by atoms with E-state index in [2.05, 4.69) is 20.3 Å². The van der Waals surface area contributed by atoms with Crippen LogP contribution in [0.2, 0.25) is 0 Å². The number of carboxylic acids is 1. The van der Waals surface area contributed by atoms with Crippen molar-refractivity contribution in [3.63, 3.8) is 0 Å². The second-order valence-corrected chi connectivity index (χ2v) is 7.41. The minimum absolute atomic E-state index is 0.0481. The molecule has 4 aromatic heterocycles. The predicted molar refractivity (Wildman–Crippen MR) is 111 cm³/mol. The molecule has 148 valence electrons. The zero-order valence-electron chi connectivity index (χ0n) is 15.5. The molecule has 5 heterocycles. The number of thiophene rings is 1. The lowest BCUT2D eigenvalue weighted by molar-refractivity contribution is 0.0703. The number of pyridine rings is 3. The van der Waals surface area contributed by atoms with Crippen LogP contribution in [0, 0.1) is 6.92 Å². The number of aromatic carboxylic acids is 1. The highest BCUT2D eigenvalue weighted by Gasteiger charge is 2.33. The first-order chi connectivity index (χ1) is 14.5. The zero-order chi connectivity index (χ0) is 20.8. The minimum atomic E-state index is -1.11. The molecule has 0 unspecified atom stereocenters. The summed E-state index contributed by atoms with van der Waals surface area (Å²) in [6.45, 7) is 1.76. The lowest BCUT2D eigenvalue weighted by Gasteiger charge is -2.29. The third-order valence-corrected chi connectivity index (χ3v) is 5.65. The van der Waals surface area contributed by atoms with Crippen LogP contribution in [0.1, 0.15) is 15.4 Å². The van der Waals surface area contributed by atoms with Crippen LogP contribution < -0.4 is 15.0 Å². The summed E-state index contributed by atoms with van der Waals surface area (Å²) in [4.78, 5) is 39.4. The molecule has 0 atom stereocenters. The summed E-state index contributed by atoms with van der Waals surface area (Å²) in [6, 6.07) is 9.89. The Balaban J connectivity index is 1.59. The Morgan fingerprint density at radius 1 is 1.10 bits per heavy atom. The van der Waals surface area contributed by atoms with Gasteiger partial charge in [0.05, 0.1) is 28.1 Å². The van der Waals surface area contributed by atoms with Gasteiger partial charge in [-0.15, -0.1) is 11.3 Å². The average molecular weight is 419 g/mol. The molecule has 5 rings (SSSR count). The van der Waals surface area contributed by atoms with E-state index in [-0.39, 0.29) is 10.6 Å². The highest BCUT2D eigenvalue weighted by atomic mass is 32.1. The average Bonchev–Trinajstić information content (AvgIpc) is 3.10. The monoisotopic (exact) mass is 419 g/mol. The van der Waals surface area contributed by atoms with E-state index >= 15 is 0 Å². The standard InChI is InChI=1S/C20H13N5O4S/c1-10-11(5-6-14(23-10)29-13-4-2-3-8-21-13)25-12-7-9-22-18-15(12)16(24-20(25)28)17(30-18)19(26)27/h2-9H,1H3,(H,24,28)(H,26,27). The molecule has 10 heteroatoms.